The Kier molecular flexibility index (Phi) is 4.89. The molecule has 6 heteroatoms. The lowest BCUT2D eigenvalue weighted by Crippen LogP contribution is -2.37. The van der Waals surface area contributed by atoms with Crippen LogP contribution in [-0.2, 0) is 4.79 Å². The minimum Gasteiger partial charge on any atom is -0.409 e. The summed E-state index contributed by atoms with van der Waals surface area (Å²) in [5, 5.41) is 11.9. The summed E-state index contributed by atoms with van der Waals surface area (Å²) in [6.45, 7) is 0. The average molecular weight is 293 g/mol. The molecule has 1 aromatic rings. The molecule has 5 nitrogen and oxygen atoms in total. The number of anilines is 1. The van der Waals surface area contributed by atoms with Crippen LogP contribution in [0.2, 0.25) is 0 Å². The third-order valence-corrected chi connectivity index (χ3v) is 4.80. The number of amides is 1. The van der Waals surface area contributed by atoms with Crippen molar-refractivity contribution >= 4 is 29.2 Å². The number of hydrogen-bond donors (Lipinski definition) is 2. The Bertz CT molecular complexity index is 513. The van der Waals surface area contributed by atoms with Gasteiger partial charge in [-0.05, 0) is 30.7 Å². The highest BCUT2D eigenvalue weighted by Crippen LogP contribution is 2.29. The minimum atomic E-state index is 0.00842. The van der Waals surface area contributed by atoms with Gasteiger partial charge in [0.25, 0.3) is 0 Å². The van der Waals surface area contributed by atoms with Gasteiger partial charge in [0.1, 0.15) is 0 Å². The van der Waals surface area contributed by atoms with Crippen molar-refractivity contribution in [2.24, 2.45) is 10.9 Å². The summed E-state index contributed by atoms with van der Waals surface area (Å²) in [5.41, 5.74) is 6.90. The number of para-hydroxylation sites is 1. The SMILES string of the molecule is CN(C(=O)C1CCCCS1)c1ccccc1/C(N)=N/O. The van der Waals surface area contributed by atoms with E-state index in [1.807, 2.05) is 6.07 Å². The molecule has 1 aromatic carbocycles. The minimum absolute atomic E-state index is 0.00842. The monoisotopic (exact) mass is 293 g/mol. The molecule has 0 bridgehead atoms. The largest absolute Gasteiger partial charge is 0.409 e. The summed E-state index contributed by atoms with van der Waals surface area (Å²) in [7, 11) is 1.74. The van der Waals surface area contributed by atoms with E-state index in [2.05, 4.69) is 5.16 Å². The van der Waals surface area contributed by atoms with Crippen molar-refractivity contribution in [3.63, 3.8) is 0 Å². The smallest absolute Gasteiger partial charge is 0.239 e. The molecule has 1 amide bonds. The molecule has 1 heterocycles. The van der Waals surface area contributed by atoms with E-state index >= 15 is 0 Å². The molecule has 0 saturated carbocycles. The molecular weight excluding hydrogens is 274 g/mol. The summed E-state index contributed by atoms with van der Waals surface area (Å²) in [6.07, 6.45) is 3.19. The van der Waals surface area contributed by atoms with Gasteiger partial charge < -0.3 is 15.8 Å². The molecule has 0 spiro atoms. The quantitative estimate of drug-likeness (QED) is 0.387. The topological polar surface area (TPSA) is 78.9 Å². The summed E-state index contributed by atoms with van der Waals surface area (Å²) in [5.74, 6) is 1.12. The van der Waals surface area contributed by atoms with E-state index in [0.29, 0.717) is 11.3 Å². The van der Waals surface area contributed by atoms with Gasteiger partial charge in [-0.3, -0.25) is 4.79 Å². The summed E-state index contributed by atoms with van der Waals surface area (Å²) in [4.78, 5) is 14.1. The molecule has 0 aromatic heterocycles. The Morgan fingerprint density at radius 2 is 2.20 bits per heavy atom. The van der Waals surface area contributed by atoms with Crippen molar-refractivity contribution in [1.82, 2.24) is 0 Å². The predicted molar refractivity (Wildman–Crippen MR) is 82.5 cm³/mol. The van der Waals surface area contributed by atoms with Gasteiger partial charge in [0.2, 0.25) is 5.91 Å². The number of nitrogens with zero attached hydrogens (tertiary/aromatic N) is 2. The van der Waals surface area contributed by atoms with Crippen LogP contribution in [0.5, 0.6) is 0 Å². The highest BCUT2D eigenvalue weighted by molar-refractivity contribution is 8.00. The zero-order chi connectivity index (χ0) is 14.5. The number of carbonyl (C=O) groups excluding carboxylic acids is 1. The van der Waals surface area contributed by atoms with Gasteiger partial charge in [0, 0.05) is 12.6 Å². The van der Waals surface area contributed by atoms with E-state index in [1.54, 1.807) is 41.9 Å². The Hall–Kier alpha value is -1.69. The van der Waals surface area contributed by atoms with Gasteiger partial charge >= 0.3 is 0 Å². The van der Waals surface area contributed by atoms with Gasteiger partial charge in [0.05, 0.1) is 10.9 Å². The van der Waals surface area contributed by atoms with Crippen LogP contribution in [0.15, 0.2) is 29.4 Å². The van der Waals surface area contributed by atoms with Crippen molar-refractivity contribution in [3.8, 4) is 0 Å². The van der Waals surface area contributed by atoms with E-state index in [4.69, 9.17) is 10.9 Å². The molecule has 1 unspecified atom stereocenters. The Morgan fingerprint density at radius 3 is 2.85 bits per heavy atom. The van der Waals surface area contributed by atoms with Gasteiger partial charge in [-0.1, -0.05) is 23.7 Å². The number of rotatable bonds is 3. The van der Waals surface area contributed by atoms with E-state index in [1.165, 1.54) is 6.42 Å². The van der Waals surface area contributed by atoms with Crippen molar-refractivity contribution in [3.05, 3.63) is 29.8 Å². The third-order valence-electron chi connectivity index (χ3n) is 3.43. The summed E-state index contributed by atoms with van der Waals surface area (Å²) in [6, 6.07) is 7.17. The van der Waals surface area contributed by atoms with Crippen LogP contribution in [0.1, 0.15) is 24.8 Å². The second kappa shape index (κ2) is 6.65. The van der Waals surface area contributed by atoms with E-state index in [9.17, 15) is 4.79 Å². The molecule has 1 atom stereocenters. The standard InChI is InChI=1S/C14H19N3O2S/c1-17(14(18)12-8-4-5-9-20-12)11-7-3-2-6-10(11)13(15)16-19/h2-3,6-7,12,19H,4-5,8-9H2,1H3,(H2,15,16). The number of nitrogens with two attached hydrogens (primary N) is 1. The maximum absolute atomic E-state index is 12.5. The number of amidine groups is 1. The first-order valence-corrected chi connectivity index (χ1v) is 7.66. The zero-order valence-corrected chi connectivity index (χ0v) is 12.3. The van der Waals surface area contributed by atoms with Crippen LogP contribution >= 0.6 is 11.8 Å². The lowest BCUT2D eigenvalue weighted by molar-refractivity contribution is -0.118. The fourth-order valence-electron chi connectivity index (χ4n) is 2.31. The Labute approximate surface area is 122 Å². The van der Waals surface area contributed by atoms with Crippen molar-refractivity contribution in [2.45, 2.75) is 24.5 Å². The molecule has 3 N–H and O–H groups in total. The first-order chi connectivity index (χ1) is 9.65. The summed E-state index contributed by atoms with van der Waals surface area (Å²) >= 11 is 1.71. The van der Waals surface area contributed by atoms with Crippen LogP contribution in [0.25, 0.3) is 0 Å². The van der Waals surface area contributed by atoms with Crippen molar-refractivity contribution in [1.29, 1.82) is 0 Å². The average Bonchev–Trinajstić information content (AvgIpc) is 2.53. The van der Waals surface area contributed by atoms with Crippen molar-refractivity contribution in [2.75, 3.05) is 17.7 Å². The molecule has 1 fully saturated rings. The Morgan fingerprint density at radius 1 is 1.45 bits per heavy atom. The first kappa shape index (κ1) is 14.7. The molecular formula is C14H19N3O2S. The van der Waals surface area contributed by atoms with Crippen molar-refractivity contribution < 1.29 is 10.0 Å². The molecule has 2 rings (SSSR count). The van der Waals surface area contributed by atoms with Gasteiger partial charge in [-0.2, -0.15) is 0 Å². The number of carbonyl (C=O) groups is 1. The second-order valence-electron chi connectivity index (χ2n) is 4.75. The van der Waals surface area contributed by atoms with Crippen LogP contribution < -0.4 is 10.6 Å². The van der Waals surface area contributed by atoms with E-state index in [0.717, 1.165) is 18.6 Å². The third kappa shape index (κ3) is 3.07. The molecule has 108 valence electrons. The summed E-state index contributed by atoms with van der Waals surface area (Å²) < 4.78 is 0. The normalized spacial score (nSPS) is 19.6. The van der Waals surface area contributed by atoms with Gasteiger partial charge in [-0.15, -0.1) is 11.8 Å². The molecule has 1 aliphatic rings. The maximum Gasteiger partial charge on any atom is 0.239 e. The number of thioether (sulfide) groups is 1. The predicted octanol–water partition coefficient (Wildman–Crippen LogP) is 2.03. The highest BCUT2D eigenvalue weighted by atomic mass is 32.2. The highest BCUT2D eigenvalue weighted by Gasteiger charge is 2.26. The van der Waals surface area contributed by atoms with Crippen LogP contribution in [-0.4, -0.2) is 35.0 Å². The lowest BCUT2D eigenvalue weighted by Gasteiger charge is -2.27. The second-order valence-corrected chi connectivity index (χ2v) is 6.07. The number of oxime groups is 1. The molecule has 0 aliphatic carbocycles. The van der Waals surface area contributed by atoms with Crippen LogP contribution in [0.4, 0.5) is 5.69 Å². The van der Waals surface area contributed by atoms with E-state index < -0.39 is 0 Å². The maximum atomic E-state index is 12.5. The first-order valence-electron chi connectivity index (χ1n) is 6.61. The number of hydrogen-bond acceptors (Lipinski definition) is 4. The molecule has 1 aliphatic heterocycles. The van der Waals surface area contributed by atoms with Gasteiger partial charge in [0.15, 0.2) is 5.84 Å². The number of benzene rings is 1. The fourth-order valence-corrected chi connectivity index (χ4v) is 3.60. The molecule has 20 heavy (non-hydrogen) atoms. The Balaban J connectivity index is 2.24. The molecule has 1 saturated heterocycles. The molecule has 0 radical (unpaired) electrons. The van der Waals surface area contributed by atoms with E-state index in [-0.39, 0.29) is 17.0 Å². The fraction of sp³-hybridized carbons (Fsp3) is 0.429. The zero-order valence-electron chi connectivity index (χ0n) is 11.5. The van der Waals surface area contributed by atoms with Crippen LogP contribution in [0.3, 0.4) is 0 Å². The van der Waals surface area contributed by atoms with Crippen LogP contribution in [0, 0.1) is 0 Å². The lowest BCUT2D eigenvalue weighted by atomic mass is 10.1. The van der Waals surface area contributed by atoms with Gasteiger partial charge in [-0.25, -0.2) is 0 Å².